The van der Waals surface area contributed by atoms with Crippen LogP contribution in [0.5, 0.6) is 0 Å². The molecule has 0 bridgehead atoms. The van der Waals surface area contributed by atoms with E-state index < -0.39 is 11.5 Å². The van der Waals surface area contributed by atoms with Crippen LogP contribution in [0.2, 0.25) is 0 Å². The highest BCUT2D eigenvalue weighted by molar-refractivity contribution is 5.95. The number of carbonyl (C=O) groups excluding carboxylic acids is 1. The lowest BCUT2D eigenvalue weighted by Gasteiger charge is -2.63. The van der Waals surface area contributed by atoms with Crippen molar-refractivity contribution in [2.24, 2.45) is 50.7 Å². The Morgan fingerprint density at radius 1 is 0.824 bits per heavy atom. The van der Waals surface area contributed by atoms with Gasteiger partial charge in [-0.1, -0.05) is 47.1 Å². The highest BCUT2D eigenvalue weighted by Gasteiger charge is 2.64. The number of rotatable bonds is 1. The first-order chi connectivity index (χ1) is 15.7. The third-order valence-corrected chi connectivity index (χ3v) is 12.7. The second-order valence-electron chi connectivity index (χ2n) is 14.8. The van der Waals surface area contributed by atoms with Crippen molar-refractivity contribution in [1.82, 2.24) is 0 Å². The molecule has 4 heteroatoms. The molecular weight excluding hydrogens is 424 g/mol. The third kappa shape index (κ3) is 3.10. The minimum absolute atomic E-state index is 0.0534. The van der Waals surface area contributed by atoms with Gasteiger partial charge in [-0.2, -0.15) is 0 Å². The smallest absolute Gasteiger partial charge is 0.160 e. The molecule has 192 valence electrons. The first-order valence-electron chi connectivity index (χ1n) is 14.0. The zero-order valence-corrected chi connectivity index (χ0v) is 22.4. The van der Waals surface area contributed by atoms with Gasteiger partial charge in [-0.3, -0.25) is 4.79 Å². The molecule has 4 nitrogen and oxygen atoms in total. The second kappa shape index (κ2) is 7.65. The van der Waals surface area contributed by atoms with E-state index in [2.05, 4.69) is 34.6 Å². The van der Waals surface area contributed by atoms with Crippen LogP contribution in [0.25, 0.3) is 0 Å². The molecule has 0 aliphatic heterocycles. The minimum atomic E-state index is -0.768. The number of carbonyl (C=O) groups is 1. The molecule has 5 aliphatic rings. The van der Waals surface area contributed by atoms with E-state index in [9.17, 15) is 20.1 Å². The average molecular weight is 473 g/mol. The van der Waals surface area contributed by atoms with Crippen LogP contribution in [0.1, 0.15) is 99.3 Å². The molecule has 5 rings (SSSR count). The number of hydrogen-bond acceptors (Lipinski definition) is 4. The largest absolute Gasteiger partial charge is 0.396 e. The zero-order valence-electron chi connectivity index (χ0n) is 22.4. The van der Waals surface area contributed by atoms with Gasteiger partial charge >= 0.3 is 0 Å². The molecule has 0 aromatic carbocycles. The van der Waals surface area contributed by atoms with Crippen molar-refractivity contribution in [3.05, 3.63) is 11.6 Å². The molecule has 0 aromatic rings. The summed E-state index contributed by atoms with van der Waals surface area (Å²) in [4.78, 5) is 13.7. The van der Waals surface area contributed by atoms with Gasteiger partial charge in [-0.15, -0.1) is 0 Å². The topological polar surface area (TPSA) is 77.8 Å². The molecule has 4 saturated carbocycles. The Kier molecular flexibility index (Phi) is 5.62. The Morgan fingerprint density at radius 2 is 1.47 bits per heavy atom. The number of aliphatic hydroxyl groups excluding tert-OH is 3. The van der Waals surface area contributed by atoms with Crippen molar-refractivity contribution in [2.45, 2.75) is 112 Å². The van der Waals surface area contributed by atoms with Crippen LogP contribution in [0.4, 0.5) is 0 Å². The molecule has 0 amide bonds. The summed E-state index contributed by atoms with van der Waals surface area (Å²) in [5, 5.41) is 32.0. The molecule has 0 radical (unpaired) electrons. The first-order valence-corrected chi connectivity index (χ1v) is 14.0. The van der Waals surface area contributed by atoms with Gasteiger partial charge in [-0.05, 0) is 103 Å². The maximum atomic E-state index is 13.7. The van der Waals surface area contributed by atoms with Crippen LogP contribution in [0.3, 0.4) is 0 Å². The second-order valence-corrected chi connectivity index (χ2v) is 14.8. The molecule has 10 unspecified atom stereocenters. The molecule has 4 fully saturated rings. The van der Waals surface area contributed by atoms with Crippen molar-refractivity contribution in [3.63, 3.8) is 0 Å². The first kappa shape index (κ1) is 25.0. The van der Waals surface area contributed by atoms with Gasteiger partial charge < -0.3 is 15.3 Å². The maximum absolute atomic E-state index is 13.7. The van der Waals surface area contributed by atoms with E-state index in [4.69, 9.17) is 0 Å². The maximum Gasteiger partial charge on any atom is 0.160 e. The van der Waals surface area contributed by atoms with Crippen molar-refractivity contribution < 1.29 is 20.1 Å². The summed E-state index contributed by atoms with van der Waals surface area (Å²) in [6, 6.07) is 0. The van der Waals surface area contributed by atoms with Crippen LogP contribution in [0, 0.1) is 50.7 Å². The fraction of sp³-hybridized carbons (Fsp3) is 0.900. The predicted molar refractivity (Wildman–Crippen MR) is 134 cm³/mol. The Balaban J connectivity index is 1.54. The van der Waals surface area contributed by atoms with Gasteiger partial charge in [-0.25, -0.2) is 0 Å². The van der Waals surface area contributed by atoms with Gasteiger partial charge in [0.25, 0.3) is 0 Å². The fourth-order valence-electron chi connectivity index (χ4n) is 10.9. The Morgan fingerprint density at radius 3 is 2.15 bits per heavy atom. The van der Waals surface area contributed by atoms with E-state index in [0.29, 0.717) is 24.2 Å². The summed E-state index contributed by atoms with van der Waals surface area (Å²) >= 11 is 0. The molecule has 3 N–H and O–H groups in total. The van der Waals surface area contributed by atoms with E-state index >= 15 is 0 Å². The highest BCUT2D eigenvalue weighted by atomic mass is 16.3. The lowest BCUT2D eigenvalue weighted by atomic mass is 9.42. The van der Waals surface area contributed by atoms with E-state index in [1.54, 1.807) is 0 Å². The van der Waals surface area contributed by atoms with Gasteiger partial charge in [0.05, 0.1) is 18.8 Å². The fourth-order valence-corrected chi connectivity index (χ4v) is 10.9. The van der Waals surface area contributed by atoms with E-state index in [-0.39, 0.29) is 46.1 Å². The Hall–Kier alpha value is -0.710. The van der Waals surface area contributed by atoms with Gasteiger partial charge in [0.15, 0.2) is 5.78 Å². The van der Waals surface area contributed by atoms with E-state index in [1.165, 1.54) is 18.4 Å². The number of ketones is 1. The van der Waals surface area contributed by atoms with Crippen LogP contribution in [-0.2, 0) is 4.79 Å². The van der Waals surface area contributed by atoms with Gasteiger partial charge in [0, 0.05) is 11.3 Å². The Labute approximate surface area is 206 Å². The van der Waals surface area contributed by atoms with Crippen molar-refractivity contribution in [1.29, 1.82) is 0 Å². The van der Waals surface area contributed by atoms with Gasteiger partial charge in [0.1, 0.15) is 0 Å². The van der Waals surface area contributed by atoms with Crippen molar-refractivity contribution in [2.75, 3.05) is 6.61 Å². The predicted octanol–water partition coefficient (Wildman–Crippen LogP) is 5.29. The Bertz CT molecular complexity index is 892. The van der Waals surface area contributed by atoms with Crippen molar-refractivity contribution >= 4 is 5.78 Å². The molecule has 0 spiro atoms. The normalized spacial score (nSPS) is 54.6. The summed E-state index contributed by atoms with van der Waals surface area (Å²) in [5.74, 6) is 1.28. The average Bonchev–Trinajstić information content (AvgIpc) is 2.91. The standard InChI is InChI=1S/C30H48O4/c1-26(2)21-9-12-27(3)16-18-15-20(32)25-28(4,13-11-24(34)30(25,6)17-31)19(18)7-8-22(27)29(21,5)14-10-23(26)33/h15,19,21-25,31,33-34H,7-14,16-17H2,1-6H3. The quantitative estimate of drug-likeness (QED) is 0.484. The molecule has 34 heavy (non-hydrogen) atoms. The van der Waals surface area contributed by atoms with Crippen LogP contribution < -0.4 is 0 Å². The molecule has 0 aromatic heterocycles. The zero-order chi connectivity index (χ0) is 24.9. The van der Waals surface area contributed by atoms with Crippen LogP contribution in [0.15, 0.2) is 11.6 Å². The van der Waals surface area contributed by atoms with Crippen molar-refractivity contribution in [3.8, 4) is 0 Å². The van der Waals surface area contributed by atoms with Gasteiger partial charge in [0.2, 0.25) is 0 Å². The highest BCUT2D eigenvalue weighted by Crippen LogP contribution is 2.70. The molecule has 5 aliphatic carbocycles. The molecule has 0 saturated heterocycles. The third-order valence-electron chi connectivity index (χ3n) is 12.7. The minimum Gasteiger partial charge on any atom is -0.396 e. The van der Waals surface area contributed by atoms with Crippen LogP contribution in [-0.4, -0.2) is 39.9 Å². The number of hydrogen-bond donors (Lipinski definition) is 3. The molecular formula is C30H48O4. The molecule has 10 atom stereocenters. The lowest BCUT2D eigenvalue weighted by Crippen LogP contribution is -2.60. The van der Waals surface area contributed by atoms with E-state index in [0.717, 1.165) is 38.5 Å². The summed E-state index contributed by atoms with van der Waals surface area (Å²) in [6.45, 7) is 13.6. The number of aliphatic hydroxyl groups is 3. The van der Waals surface area contributed by atoms with E-state index in [1.807, 2.05) is 13.0 Å². The molecule has 0 heterocycles. The SMILES string of the molecule is CC12CCC3C(C)(C)C(O)CCC3(C)C1CCC1C(=CC(=O)C3C(C)(CO)C(O)CCC13C)C2. The summed E-state index contributed by atoms with van der Waals surface area (Å²) < 4.78 is 0. The summed E-state index contributed by atoms with van der Waals surface area (Å²) in [5.41, 5.74) is 0.725. The number of allylic oxidation sites excluding steroid dienone is 2. The lowest BCUT2D eigenvalue weighted by molar-refractivity contribution is -0.171. The monoisotopic (exact) mass is 472 g/mol. The summed E-state index contributed by atoms with van der Waals surface area (Å²) in [7, 11) is 0. The number of fused-ring (bicyclic) bond motifs is 6. The summed E-state index contributed by atoms with van der Waals surface area (Å²) in [6.07, 6.45) is 10.2. The van der Waals surface area contributed by atoms with Crippen LogP contribution >= 0.6 is 0 Å².